The largest absolute Gasteiger partial charge is 0.497 e. The molecule has 6 nitrogen and oxygen atoms in total. The van der Waals surface area contributed by atoms with Gasteiger partial charge >= 0.3 is 0 Å². The molecule has 1 N–H and O–H groups in total. The number of nitrogens with zero attached hydrogens (tertiary/aromatic N) is 3. The first-order valence-electron chi connectivity index (χ1n) is 11.0. The van der Waals surface area contributed by atoms with E-state index >= 15 is 0 Å². The van der Waals surface area contributed by atoms with E-state index in [0.29, 0.717) is 16.8 Å². The van der Waals surface area contributed by atoms with E-state index in [4.69, 9.17) is 26.5 Å². The lowest BCUT2D eigenvalue weighted by Gasteiger charge is -2.37. The number of hydrogen-bond acceptors (Lipinski definition) is 5. The van der Waals surface area contributed by atoms with Crippen molar-refractivity contribution < 1.29 is 13.7 Å². The van der Waals surface area contributed by atoms with Crippen LogP contribution in [0.2, 0.25) is 0 Å². The van der Waals surface area contributed by atoms with Crippen molar-refractivity contribution >= 4 is 22.9 Å². The summed E-state index contributed by atoms with van der Waals surface area (Å²) in [4.78, 5) is 6.78. The summed E-state index contributed by atoms with van der Waals surface area (Å²) in [5.74, 6) is 1.35. The molecule has 33 heavy (non-hydrogen) atoms. The molecule has 1 aromatic heterocycles. The van der Waals surface area contributed by atoms with Gasteiger partial charge in [-0.25, -0.2) is 4.39 Å². The van der Waals surface area contributed by atoms with Crippen LogP contribution in [0.5, 0.6) is 5.75 Å². The molecular formula is C25H27FN4O2S. The van der Waals surface area contributed by atoms with Crippen LogP contribution in [0.3, 0.4) is 0 Å². The van der Waals surface area contributed by atoms with E-state index < -0.39 is 0 Å². The maximum absolute atomic E-state index is 13.6. The first kappa shape index (κ1) is 22.9. The summed E-state index contributed by atoms with van der Waals surface area (Å²) >= 11 is 5.69. The number of rotatable bonds is 8. The number of nitrogens with one attached hydrogen (secondary N) is 1. The minimum absolute atomic E-state index is 0.292. The third kappa shape index (κ3) is 4.90. The summed E-state index contributed by atoms with van der Waals surface area (Å²) in [6.45, 7) is 4.98. The normalized spacial score (nSPS) is 16.2. The van der Waals surface area contributed by atoms with Gasteiger partial charge in [0.2, 0.25) is 5.82 Å². The average Bonchev–Trinajstić information content (AvgIpc) is 3.31. The van der Waals surface area contributed by atoms with Gasteiger partial charge in [0, 0.05) is 17.8 Å². The van der Waals surface area contributed by atoms with Crippen LogP contribution in [0, 0.1) is 5.82 Å². The predicted octanol–water partition coefficient (Wildman–Crippen LogP) is 5.74. The molecule has 1 aliphatic rings. The van der Waals surface area contributed by atoms with E-state index in [0.717, 1.165) is 54.0 Å². The van der Waals surface area contributed by atoms with Crippen molar-refractivity contribution in [3.05, 3.63) is 71.5 Å². The molecule has 3 aromatic rings. The molecule has 0 amide bonds. The second-order valence-electron chi connectivity index (χ2n) is 7.94. The average molecular weight is 467 g/mol. The molecule has 0 saturated heterocycles. The van der Waals surface area contributed by atoms with Crippen molar-refractivity contribution in [3.8, 4) is 17.1 Å². The molecule has 1 atom stereocenters. The Kier molecular flexibility index (Phi) is 7.03. The maximum Gasteiger partial charge on any atom is 0.258 e. The van der Waals surface area contributed by atoms with Crippen molar-refractivity contribution in [1.29, 1.82) is 0 Å². The third-order valence-corrected chi connectivity index (χ3v) is 6.13. The number of benzene rings is 2. The molecule has 2 heterocycles. The monoisotopic (exact) mass is 466 g/mol. The lowest BCUT2D eigenvalue weighted by Crippen LogP contribution is -2.46. The summed E-state index contributed by atoms with van der Waals surface area (Å²) in [6.07, 6.45) is 3.26. The van der Waals surface area contributed by atoms with Crippen molar-refractivity contribution in [2.45, 2.75) is 39.2 Å². The first-order valence-corrected chi connectivity index (χ1v) is 11.5. The van der Waals surface area contributed by atoms with Gasteiger partial charge in [0.1, 0.15) is 11.6 Å². The summed E-state index contributed by atoms with van der Waals surface area (Å²) in [5, 5.41) is 8.25. The Labute approximate surface area is 198 Å². The number of allylic oxidation sites excluding steroid dienone is 1. The molecule has 1 aliphatic heterocycles. The minimum Gasteiger partial charge on any atom is -0.497 e. The van der Waals surface area contributed by atoms with Gasteiger partial charge in [-0.15, -0.1) is 0 Å². The number of thiocarbonyl (C=S) groups is 1. The molecule has 0 aliphatic carbocycles. The van der Waals surface area contributed by atoms with Crippen LogP contribution in [-0.4, -0.2) is 33.8 Å². The molecular weight excluding hydrogens is 439 g/mol. The van der Waals surface area contributed by atoms with Gasteiger partial charge in [0.15, 0.2) is 5.11 Å². The zero-order valence-corrected chi connectivity index (χ0v) is 19.8. The van der Waals surface area contributed by atoms with Gasteiger partial charge in [0.05, 0.1) is 18.7 Å². The Morgan fingerprint density at radius 1 is 1.12 bits per heavy atom. The molecule has 172 valence electrons. The third-order valence-electron chi connectivity index (χ3n) is 5.79. The highest BCUT2D eigenvalue weighted by Crippen LogP contribution is 2.37. The summed E-state index contributed by atoms with van der Waals surface area (Å²) in [7, 11) is 1.62. The molecule has 1 unspecified atom stereocenters. The Balaban J connectivity index is 1.74. The van der Waals surface area contributed by atoms with Crippen LogP contribution in [0.4, 0.5) is 4.39 Å². The Hall–Kier alpha value is -3.26. The number of unbranched alkanes of at least 4 members (excludes halogenated alkanes) is 2. The van der Waals surface area contributed by atoms with Crippen molar-refractivity contribution in [3.63, 3.8) is 0 Å². The molecule has 2 aromatic carbocycles. The predicted molar refractivity (Wildman–Crippen MR) is 130 cm³/mol. The minimum atomic E-state index is -0.329. The van der Waals surface area contributed by atoms with E-state index in [1.807, 2.05) is 31.2 Å². The number of aromatic nitrogens is 2. The highest BCUT2D eigenvalue weighted by atomic mass is 32.1. The zero-order valence-electron chi connectivity index (χ0n) is 19.0. The number of hydrogen-bond donors (Lipinski definition) is 1. The molecule has 0 fully saturated rings. The van der Waals surface area contributed by atoms with Crippen molar-refractivity contribution in [1.82, 2.24) is 20.4 Å². The quantitative estimate of drug-likeness (QED) is 0.336. The fourth-order valence-electron chi connectivity index (χ4n) is 3.94. The zero-order chi connectivity index (χ0) is 23.4. The van der Waals surface area contributed by atoms with Crippen LogP contribution in [-0.2, 0) is 0 Å². The summed E-state index contributed by atoms with van der Waals surface area (Å²) in [5.41, 5.74) is 3.47. The van der Waals surface area contributed by atoms with Gasteiger partial charge in [-0.2, -0.15) is 4.98 Å². The fourth-order valence-corrected chi connectivity index (χ4v) is 4.29. The smallest absolute Gasteiger partial charge is 0.258 e. The van der Waals surface area contributed by atoms with Crippen molar-refractivity contribution in [2.24, 2.45) is 0 Å². The highest BCUT2D eigenvalue weighted by molar-refractivity contribution is 7.80. The molecule has 0 radical (unpaired) electrons. The second-order valence-corrected chi connectivity index (χ2v) is 8.33. The van der Waals surface area contributed by atoms with Gasteiger partial charge in [-0.1, -0.05) is 37.1 Å². The number of methoxy groups -OCH3 is 1. The van der Waals surface area contributed by atoms with E-state index in [9.17, 15) is 4.39 Å². The van der Waals surface area contributed by atoms with Gasteiger partial charge in [0.25, 0.3) is 5.89 Å². The van der Waals surface area contributed by atoms with Crippen LogP contribution in [0.15, 0.2) is 58.8 Å². The van der Waals surface area contributed by atoms with E-state index in [-0.39, 0.29) is 11.9 Å². The van der Waals surface area contributed by atoms with Gasteiger partial charge in [-0.3, -0.25) is 0 Å². The summed E-state index contributed by atoms with van der Waals surface area (Å²) < 4.78 is 24.6. The van der Waals surface area contributed by atoms with Crippen LogP contribution < -0.4 is 10.1 Å². The topological polar surface area (TPSA) is 63.4 Å². The number of ether oxygens (including phenoxy) is 1. The Morgan fingerprint density at radius 2 is 1.85 bits per heavy atom. The lowest BCUT2D eigenvalue weighted by atomic mass is 9.94. The van der Waals surface area contributed by atoms with Gasteiger partial charge in [-0.05, 0) is 67.5 Å². The van der Waals surface area contributed by atoms with E-state index in [1.54, 1.807) is 19.2 Å². The molecule has 0 bridgehead atoms. The first-order chi connectivity index (χ1) is 16.0. The number of halogens is 1. The molecule has 0 spiro atoms. The second kappa shape index (κ2) is 10.1. The standard InChI is InChI=1S/C25H27FN4O2S/c1-4-5-6-15-30-16(2)21(22(27-25(30)33)17-7-11-19(26)12-8-17)24-28-23(29-32-24)18-9-13-20(31-3)14-10-18/h7-14,22H,4-6,15H2,1-3H3,(H,27,33). The maximum atomic E-state index is 13.6. The van der Waals surface area contributed by atoms with Crippen LogP contribution >= 0.6 is 12.2 Å². The SMILES string of the molecule is CCCCCN1C(=S)NC(c2ccc(F)cc2)C(c2nc(-c3ccc(OC)cc3)no2)=C1C. The van der Waals surface area contributed by atoms with Gasteiger partial charge < -0.3 is 19.5 Å². The molecule has 0 saturated carbocycles. The fraction of sp³-hybridized carbons (Fsp3) is 0.320. The van der Waals surface area contributed by atoms with E-state index in [2.05, 4.69) is 22.3 Å². The lowest BCUT2D eigenvalue weighted by molar-refractivity contribution is 0.395. The van der Waals surface area contributed by atoms with Crippen LogP contribution in [0.25, 0.3) is 17.0 Å². The molecule has 8 heteroatoms. The highest BCUT2D eigenvalue weighted by Gasteiger charge is 2.33. The van der Waals surface area contributed by atoms with Crippen LogP contribution in [0.1, 0.15) is 50.6 Å². The van der Waals surface area contributed by atoms with E-state index in [1.165, 1.54) is 12.1 Å². The molecule has 4 rings (SSSR count). The van der Waals surface area contributed by atoms with Crippen molar-refractivity contribution in [2.75, 3.05) is 13.7 Å². The summed E-state index contributed by atoms with van der Waals surface area (Å²) in [6, 6.07) is 13.5. The Bertz CT molecular complexity index is 1140. The Morgan fingerprint density at radius 3 is 2.52 bits per heavy atom.